The molecule has 0 radical (unpaired) electrons. The van der Waals surface area contributed by atoms with Crippen molar-refractivity contribution in [3.05, 3.63) is 54.2 Å². The Bertz CT molecular complexity index is 800. The monoisotopic (exact) mass is 273 g/mol. The van der Waals surface area contributed by atoms with Crippen LogP contribution in [0.2, 0.25) is 0 Å². The van der Waals surface area contributed by atoms with Crippen LogP contribution in [0, 0.1) is 5.82 Å². The zero-order valence-electron chi connectivity index (χ0n) is 10.0. The minimum absolute atomic E-state index is 0.0145. The summed E-state index contributed by atoms with van der Waals surface area (Å²) in [4.78, 5) is 15.1. The predicted octanol–water partition coefficient (Wildman–Crippen LogP) is 2.36. The smallest absolute Gasteiger partial charge is 0.339 e. The van der Waals surface area contributed by atoms with Gasteiger partial charge in [-0.05, 0) is 24.3 Å². The molecule has 100 valence electrons. The Morgan fingerprint density at radius 2 is 2.15 bits per heavy atom. The third kappa shape index (κ3) is 2.05. The summed E-state index contributed by atoms with van der Waals surface area (Å²) in [5.74, 6) is -1.72. The van der Waals surface area contributed by atoms with E-state index in [1.54, 1.807) is 18.5 Å². The molecule has 0 aliphatic carbocycles. The molecule has 0 atom stereocenters. The molecular weight excluding hydrogens is 265 g/mol. The summed E-state index contributed by atoms with van der Waals surface area (Å²) >= 11 is 0. The first-order valence-corrected chi connectivity index (χ1v) is 5.64. The fraction of sp³-hybridized carbons (Fsp3) is 0. The number of carboxylic acid groups (broad SMARTS) is 1. The number of carboxylic acids is 1. The Labute approximate surface area is 112 Å². The van der Waals surface area contributed by atoms with Gasteiger partial charge in [-0.25, -0.2) is 18.7 Å². The van der Waals surface area contributed by atoms with Crippen molar-refractivity contribution in [2.75, 3.05) is 0 Å². The molecule has 1 N–H and O–H groups in total. The average molecular weight is 273 g/mol. The first kappa shape index (κ1) is 12.1. The van der Waals surface area contributed by atoms with Gasteiger partial charge in [-0.15, -0.1) is 0 Å². The molecule has 6 nitrogen and oxygen atoms in total. The van der Waals surface area contributed by atoms with Crippen LogP contribution in [0.25, 0.3) is 5.52 Å². The van der Waals surface area contributed by atoms with Crippen molar-refractivity contribution >= 4 is 11.5 Å². The number of carbonyl (C=O) groups is 1. The molecule has 7 heteroatoms. The minimum Gasteiger partial charge on any atom is -0.478 e. The molecule has 0 aliphatic heterocycles. The van der Waals surface area contributed by atoms with Gasteiger partial charge in [0, 0.05) is 12.4 Å². The van der Waals surface area contributed by atoms with Gasteiger partial charge in [-0.1, -0.05) is 0 Å². The van der Waals surface area contributed by atoms with Crippen molar-refractivity contribution < 1.29 is 19.0 Å². The molecule has 0 saturated heterocycles. The maximum Gasteiger partial charge on any atom is 0.339 e. The Balaban J connectivity index is 2.07. The van der Waals surface area contributed by atoms with Crippen LogP contribution < -0.4 is 4.74 Å². The summed E-state index contributed by atoms with van der Waals surface area (Å²) in [7, 11) is 0. The summed E-state index contributed by atoms with van der Waals surface area (Å²) in [6, 6.07) is 4.94. The first-order chi connectivity index (χ1) is 9.65. The molecule has 0 bridgehead atoms. The fourth-order valence-electron chi connectivity index (χ4n) is 1.77. The standard InChI is InChI=1S/C13H8FN3O3/c14-8-1-2-11(9(7-8)13(18)19)20-12-10-3-4-16-17(10)6-5-15-12/h1-7H,(H,18,19). The molecule has 0 amide bonds. The number of hydrogen-bond donors (Lipinski definition) is 1. The third-order valence-electron chi connectivity index (χ3n) is 2.67. The predicted molar refractivity (Wildman–Crippen MR) is 66.4 cm³/mol. The van der Waals surface area contributed by atoms with Crippen LogP contribution in [0.5, 0.6) is 11.6 Å². The summed E-state index contributed by atoms with van der Waals surface area (Å²) in [5, 5.41) is 13.1. The quantitative estimate of drug-likeness (QED) is 0.792. The van der Waals surface area contributed by atoms with Crippen LogP contribution in [0.3, 0.4) is 0 Å². The zero-order valence-corrected chi connectivity index (χ0v) is 10.0. The van der Waals surface area contributed by atoms with Gasteiger partial charge in [-0.2, -0.15) is 5.10 Å². The summed E-state index contributed by atoms with van der Waals surface area (Å²) in [5.41, 5.74) is 0.307. The number of rotatable bonds is 3. The van der Waals surface area contributed by atoms with Crippen LogP contribution in [0.4, 0.5) is 4.39 Å². The largest absolute Gasteiger partial charge is 0.478 e. The van der Waals surface area contributed by atoms with Gasteiger partial charge in [0.1, 0.15) is 22.6 Å². The van der Waals surface area contributed by atoms with Crippen LogP contribution in [-0.2, 0) is 0 Å². The van der Waals surface area contributed by atoms with Gasteiger partial charge in [0.05, 0.1) is 6.20 Å². The van der Waals surface area contributed by atoms with Crippen molar-refractivity contribution in [2.45, 2.75) is 0 Å². The fourth-order valence-corrected chi connectivity index (χ4v) is 1.77. The van der Waals surface area contributed by atoms with Crippen LogP contribution in [0.1, 0.15) is 10.4 Å². The number of hydrogen-bond acceptors (Lipinski definition) is 4. The number of aromatic nitrogens is 3. The number of aromatic carboxylic acids is 1. The topological polar surface area (TPSA) is 76.7 Å². The highest BCUT2D eigenvalue weighted by Gasteiger charge is 2.15. The average Bonchev–Trinajstić information content (AvgIpc) is 2.90. The van der Waals surface area contributed by atoms with E-state index in [0.717, 1.165) is 12.1 Å². The lowest BCUT2D eigenvalue weighted by atomic mass is 10.2. The molecule has 0 fully saturated rings. The molecule has 0 aliphatic rings. The Kier molecular flexibility index (Phi) is 2.79. The van der Waals surface area contributed by atoms with Crippen molar-refractivity contribution in [3.63, 3.8) is 0 Å². The molecule has 3 rings (SSSR count). The van der Waals surface area contributed by atoms with E-state index in [0.29, 0.717) is 5.52 Å². The molecular formula is C13H8FN3O3. The number of halogens is 1. The van der Waals surface area contributed by atoms with Crippen LogP contribution in [-0.4, -0.2) is 25.7 Å². The van der Waals surface area contributed by atoms with E-state index in [2.05, 4.69) is 10.1 Å². The van der Waals surface area contributed by atoms with Crippen molar-refractivity contribution in [3.8, 4) is 11.6 Å². The van der Waals surface area contributed by atoms with Crippen LogP contribution >= 0.6 is 0 Å². The van der Waals surface area contributed by atoms with Gasteiger partial charge in [0.25, 0.3) is 0 Å². The Morgan fingerprint density at radius 3 is 2.95 bits per heavy atom. The summed E-state index contributed by atoms with van der Waals surface area (Å²) in [6.07, 6.45) is 4.66. The maximum atomic E-state index is 13.1. The molecule has 0 spiro atoms. The van der Waals surface area contributed by atoms with Crippen molar-refractivity contribution in [1.82, 2.24) is 14.6 Å². The normalized spacial score (nSPS) is 10.7. The van der Waals surface area contributed by atoms with E-state index in [4.69, 9.17) is 9.84 Å². The Morgan fingerprint density at radius 1 is 1.30 bits per heavy atom. The lowest BCUT2D eigenvalue weighted by Crippen LogP contribution is -2.02. The zero-order chi connectivity index (χ0) is 14.1. The SMILES string of the molecule is O=C(O)c1cc(F)ccc1Oc1nccn2nccc12. The van der Waals surface area contributed by atoms with E-state index in [-0.39, 0.29) is 17.2 Å². The second-order valence-electron chi connectivity index (χ2n) is 3.94. The number of nitrogens with zero attached hydrogens (tertiary/aromatic N) is 3. The number of fused-ring (bicyclic) bond motifs is 1. The number of benzene rings is 1. The van der Waals surface area contributed by atoms with Crippen molar-refractivity contribution in [1.29, 1.82) is 0 Å². The molecule has 20 heavy (non-hydrogen) atoms. The molecule has 2 heterocycles. The van der Waals surface area contributed by atoms with E-state index < -0.39 is 11.8 Å². The number of ether oxygens (including phenoxy) is 1. The minimum atomic E-state index is -1.28. The molecule has 0 saturated carbocycles. The van der Waals surface area contributed by atoms with E-state index >= 15 is 0 Å². The second kappa shape index (κ2) is 4.61. The van der Waals surface area contributed by atoms with Gasteiger partial charge in [0.15, 0.2) is 0 Å². The van der Waals surface area contributed by atoms with Gasteiger partial charge in [-0.3, -0.25) is 0 Å². The van der Waals surface area contributed by atoms with Crippen LogP contribution in [0.15, 0.2) is 42.9 Å². The first-order valence-electron chi connectivity index (χ1n) is 5.64. The van der Waals surface area contributed by atoms with E-state index in [1.807, 2.05) is 0 Å². The summed E-state index contributed by atoms with van der Waals surface area (Å²) < 4.78 is 20.1. The maximum absolute atomic E-state index is 13.1. The van der Waals surface area contributed by atoms with E-state index in [9.17, 15) is 9.18 Å². The van der Waals surface area contributed by atoms with Gasteiger partial charge in [0.2, 0.25) is 5.88 Å². The van der Waals surface area contributed by atoms with Gasteiger partial charge < -0.3 is 9.84 Å². The highest BCUT2D eigenvalue weighted by Crippen LogP contribution is 2.27. The lowest BCUT2D eigenvalue weighted by molar-refractivity contribution is 0.0693. The molecule has 3 aromatic rings. The second-order valence-corrected chi connectivity index (χ2v) is 3.94. The molecule has 1 aromatic carbocycles. The lowest BCUT2D eigenvalue weighted by Gasteiger charge is -2.08. The molecule has 0 unspecified atom stereocenters. The third-order valence-corrected chi connectivity index (χ3v) is 2.67. The van der Waals surface area contributed by atoms with E-state index in [1.165, 1.54) is 16.8 Å². The molecule has 2 aromatic heterocycles. The van der Waals surface area contributed by atoms with Crippen molar-refractivity contribution in [2.24, 2.45) is 0 Å². The Hall–Kier alpha value is -2.96. The summed E-state index contributed by atoms with van der Waals surface area (Å²) in [6.45, 7) is 0. The van der Waals surface area contributed by atoms with Gasteiger partial charge >= 0.3 is 5.97 Å². The highest BCUT2D eigenvalue weighted by atomic mass is 19.1. The highest BCUT2D eigenvalue weighted by molar-refractivity contribution is 5.91.